The van der Waals surface area contributed by atoms with E-state index in [1.165, 1.54) is 5.56 Å². The summed E-state index contributed by atoms with van der Waals surface area (Å²) in [5.74, 6) is 2.10. The normalized spacial score (nSPS) is 11.6. The molecule has 3 nitrogen and oxygen atoms in total. The molecule has 0 amide bonds. The van der Waals surface area contributed by atoms with Gasteiger partial charge < -0.3 is 9.84 Å². The molecule has 0 aliphatic heterocycles. The summed E-state index contributed by atoms with van der Waals surface area (Å²) in [7, 11) is 0. The Kier molecular flexibility index (Phi) is 6.86. The zero-order valence-electron chi connectivity index (χ0n) is 13.5. The van der Waals surface area contributed by atoms with Gasteiger partial charge in [0.25, 0.3) is 0 Å². The third-order valence-electron chi connectivity index (χ3n) is 2.98. The van der Waals surface area contributed by atoms with Gasteiger partial charge in [0.05, 0.1) is 6.61 Å². The second-order valence-corrected chi connectivity index (χ2v) is 6.22. The number of phenolic OH excluding ortho intramolecular Hbond substituents is 1. The van der Waals surface area contributed by atoms with Gasteiger partial charge in [-0.3, -0.25) is 4.90 Å². The highest BCUT2D eigenvalue weighted by atomic mass is 16.5. The van der Waals surface area contributed by atoms with Crippen molar-refractivity contribution in [1.29, 1.82) is 0 Å². The lowest BCUT2D eigenvalue weighted by Gasteiger charge is -2.26. The second kappa shape index (κ2) is 8.15. The first-order valence-electron chi connectivity index (χ1n) is 7.59. The lowest BCUT2D eigenvalue weighted by atomic mass is 10.1. The van der Waals surface area contributed by atoms with Gasteiger partial charge in [0.15, 0.2) is 11.5 Å². The van der Waals surface area contributed by atoms with Crippen LogP contribution in [0.4, 0.5) is 0 Å². The first-order chi connectivity index (χ1) is 9.42. The van der Waals surface area contributed by atoms with Gasteiger partial charge in [-0.1, -0.05) is 33.8 Å². The van der Waals surface area contributed by atoms with Crippen molar-refractivity contribution in [3.63, 3.8) is 0 Å². The van der Waals surface area contributed by atoms with E-state index in [-0.39, 0.29) is 5.75 Å². The van der Waals surface area contributed by atoms with E-state index in [2.05, 4.69) is 32.6 Å². The van der Waals surface area contributed by atoms with E-state index in [0.29, 0.717) is 24.2 Å². The van der Waals surface area contributed by atoms with E-state index in [1.54, 1.807) is 6.07 Å². The van der Waals surface area contributed by atoms with Gasteiger partial charge in [-0.2, -0.15) is 0 Å². The van der Waals surface area contributed by atoms with Crippen LogP contribution in [0.15, 0.2) is 18.2 Å². The number of benzene rings is 1. The molecule has 0 radical (unpaired) electrons. The highest BCUT2D eigenvalue weighted by Gasteiger charge is 2.12. The van der Waals surface area contributed by atoms with E-state index < -0.39 is 0 Å². The van der Waals surface area contributed by atoms with Crippen molar-refractivity contribution < 1.29 is 9.84 Å². The van der Waals surface area contributed by atoms with Crippen molar-refractivity contribution in [3.05, 3.63) is 23.8 Å². The van der Waals surface area contributed by atoms with Gasteiger partial charge in [0, 0.05) is 19.6 Å². The zero-order valence-corrected chi connectivity index (χ0v) is 13.5. The van der Waals surface area contributed by atoms with Gasteiger partial charge in [-0.15, -0.1) is 0 Å². The van der Waals surface area contributed by atoms with Crippen LogP contribution in [0.1, 0.15) is 40.2 Å². The van der Waals surface area contributed by atoms with E-state index in [1.807, 2.05) is 19.1 Å². The molecule has 1 rings (SSSR count). The summed E-state index contributed by atoms with van der Waals surface area (Å²) in [5, 5.41) is 9.75. The third-order valence-corrected chi connectivity index (χ3v) is 2.98. The molecule has 0 saturated heterocycles. The monoisotopic (exact) mass is 279 g/mol. The molecule has 0 aliphatic rings. The highest BCUT2D eigenvalue weighted by molar-refractivity contribution is 5.41. The summed E-state index contributed by atoms with van der Waals surface area (Å²) in [6.07, 6.45) is 0. The molecule has 0 bridgehead atoms. The Labute approximate surface area is 123 Å². The van der Waals surface area contributed by atoms with Crippen LogP contribution < -0.4 is 4.74 Å². The molecular formula is C17H29NO2. The lowest BCUT2D eigenvalue weighted by molar-refractivity contribution is 0.211. The number of nitrogens with zero attached hydrogens (tertiary/aromatic N) is 1. The summed E-state index contributed by atoms with van der Waals surface area (Å²) in [5.41, 5.74) is 1.19. The maximum Gasteiger partial charge on any atom is 0.161 e. The SMILES string of the molecule is CCOc1cc(CN(CC(C)C)CC(C)C)ccc1O. The van der Waals surface area contributed by atoms with Crippen LogP contribution in [0.3, 0.4) is 0 Å². The van der Waals surface area contributed by atoms with E-state index in [9.17, 15) is 5.11 Å². The topological polar surface area (TPSA) is 32.7 Å². The molecule has 114 valence electrons. The number of hydrogen-bond acceptors (Lipinski definition) is 3. The molecule has 0 heterocycles. The van der Waals surface area contributed by atoms with E-state index in [0.717, 1.165) is 19.6 Å². The molecular weight excluding hydrogens is 250 g/mol. The maximum atomic E-state index is 9.75. The molecule has 0 saturated carbocycles. The van der Waals surface area contributed by atoms with Crippen LogP contribution in [0.5, 0.6) is 11.5 Å². The largest absolute Gasteiger partial charge is 0.504 e. The molecule has 1 aromatic rings. The zero-order chi connectivity index (χ0) is 15.1. The van der Waals surface area contributed by atoms with Crippen molar-refractivity contribution in [2.45, 2.75) is 41.2 Å². The van der Waals surface area contributed by atoms with Gasteiger partial charge >= 0.3 is 0 Å². The standard InChI is InChI=1S/C17H29NO2/c1-6-20-17-9-15(7-8-16(17)19)12-18(10-13(2)3)11-14(4)5/h7-9,13-14,19H,6,10-12H2,1-5H3. The summed E-state index contributed by atoms with van der Waals surface area (Å²) in [6, 6.07) is 5.65. The van der Waals surface area contributed by atoms with Crippen molar-refractivity contribution >= 4 is 0 Å². The number of hydrogen-bond donors (Lipinski definition) is 1. The molecule has 0 fully saturated rings. The minimum atomic E-state index is 0.217. The third kappa shape index (κ3) is 5.83. The van der Waals surface area contributed by atoms with Crippen molar-refractivity contribution in [3.8, 4) is 11.5 Å². The lowest BCUT2D eigenvalue weighted by Crippen LogP contribution is -2.30. The van der Waals surface area contributed by atoms with Crippen LogP contribution in [-0.4, -0.2) is 29.7 Å². The van der Waals surface area contributed by atoms with E-state index in [4.69, 9.17) is 4.74 Å². The average molecular weight is 279 g/mol. The van der Waals surface area contributed by atoms with Crippen LogP contribution in [0.2, 0.25) is 0 Å². The fourth-order valence-electron chi connectivity index (χ4n) is 2.42. The molecule has 0 unspecified atom stereocenters. The fraction of sp³-hybridized carbons (Fsp3) is 0.647. The Balaban J connectivity index is 2.78. The average Bonchev–Trinajstić information content (AvgIpc) is 2.32. The Hall–Kier alpha value is -1.22. The summed E-state index contributed by atoms with van der Waals surface area (Å²) < 4.78 is 5.45. The first-order valence-corrected chi connectivity index (χ1v) is 7.59. The summed E-state index contributed by atoms with van der Waals surface area (Å²) in [6.45, 7) is 14.6. The molecule has 3 heteroatoms. The Morgan fingerprint density at radius 1 is 1.10 bits per heavy atom. The van der Waals surface area contributed by atoms with Gasteiger partial charge in [-0.05, 0) is 36.5 Å². The van der Waals surface area contributed by atoms with Gasteiger partial charge in [0.1, 0.15) is 0 Å². The summed E-state index contributed by atoms with van der Waals surface area (Å²) in [4.78, 5) is 2.47. The molecule has 0 atom stereocenters. The molecule has 1 N–H and O–H groups in total. The number of phenols is 1. The molecule has 0 aromatic heterocycles. The predicted octanol–water partition coefficient (Wildman–Crippen LogP) is 3.90. The van der Waals surface area contributed by atoms with Crippen LogP contribution in [0.25, 0.3) is 0 Å². The fourth-order valence-corrected chi connectivity index (χ4v) is 2.42. The predicted molar refractivity (Wildman–Crippen MR) is 84.2 cm³/mol. The van der Waals surface area contributed by atoms with Gasteiger partial charge in [-0.25, -0.2) is 0 Å². The van der Waals surface area contributed by atoms with Crippen LogP contribution >= 0.6 is 0 Å². The van der Waals surface area contributed by atoms with E-state index >= 15 is 0 Å². The van der Waals surface area contributed by atoms with Crippen molar-refractivity contribution in [1.82, 2.24) is 4.90 Å². The van der Waals surface area contributed by atoms with Crippen LogP contribution in [-0.2, 0) is 6.54 Å². The molecule has 1 aromatic carbocycles. The molecule has 0 spiro atoms. The number of aromatic hydroxyl groups is 1. The smallest absolute Gasteiger partial charge is 0.161 e. The van der Waals surface area contributed by atoms with Crippen LogP contribution in [0, 0.1) is 11.8 Å². The second-order valence-electron chi connectivity index (χ2n) is 6.22. The highest BCUT2D eigenvalue weighted by Crippen LogP contribution is 2.27. The number of rotatable bonds is 8. The van der Waals surface area contributed by atoms with Gasteiger partial charge in [0.2, 0.25) is 0 Å². The Morgan fingerprint density at radius 3 is 2.20 bits per heavy atom. The van der Waals surface area contributed by atoms with Crippen molar-refractivity contribution in [2.24, 2.45) is 11.8 Å². The molecule has 0 aliphatic carbocycles. The Morgan fingerprint density at radius 2 is 1.70 bits per heavy atom. The molecule has 20 heavy (non-hydrogen) atoms. The minimum Gasteiger partial charge on any atom is -0.504 e. The first kappa shape index (κ1) is 16.8. The number of ether oxygens (including phenoxy) is 1. The summed E-state index contributed by atoms with van der Waals surface area (Å²) >= 11 is 0. The van der Waals surface area contributed by atoms with Crippen molar-refractivity contribution in [2.75, 3.05) is 19.7 Å². The Bertz CT molecular complexity index is 392. The minimum absolute atomic E-state index is 0.217. The quantitative estimate of drug-likeness (QED) is 0.783. The maximum absolute atomic E-state index is 9.75.